The summed E-state index contributed by atoms with van der Waals surface area (Å²) in [6, 6.07) is -0.964. The molecule has 16 nitrogen and oxygen atoms in total. The molecule has 4 rings (SSSR count). The molecule has 16 heteroatoms. The van der Waals surface area contributed by atoms with Gasteiger partial charge in [-0.15, -0.1) is 0 Å². The number of rotatable bonds is 5. The van der Waals surface area contributed by atoms with E-state index in [2.05, 4.69) is 11.1 Å². The number of carbonyl (C=O) groups excluding carboxylic acids is 2. The number of hydrogen-bond acceptors (Lipinski definition) is 14. The SMILES string of the molecule is CC1(C)OC[C@@H](N)C([C@@H]2OC(C)(C)O[C@@H]2CO)O1.CC1(C)OC[C@@H](NC(=O)C(N)=O)C([C@@H]2OC(C)(C)O[C@@H]2CO)O1.CN. The highest BCUT2D eigenvalue weighted by Crippen LogP contribution is 2.36. The second-order valence-corrected chi connectivity index (χ2v) is 12.3. The van der Waals surface area contributed by atoms with Gasteiger partial charge in [-0.2, -0.15) is 0 Å². The molecule has 4 heterocycles. The van der Waals surface area contributed by atoms with Gasteiger partial charge in [-0.25, -0.2) is 0 Å². The van der Waals surface area contributed by atoms with Crippen molar-refractivity contribution in [1.82, 2.24) is 5.32 Å². The molecule has 0 aliphatic carbocycles. The third-order valence-corrected chi connectivity index (χ3v) is 6.88. The standard InChI is InChI=1S/C14H24N2O7.C12H23NO5.CH5N/c1-13(2)20-6-7(16-12(19)11(15)18)9(22-13)10-8(5-17)21-14(3,4)23-10;1-11(2)15-6-7(13)9(17-11)10-8(5-14)16-12(3,4)18-10;1-2/h7-10,17H,5-6H2,1-4H3,(H2,15,18)(H,16,19);7-10,14H,5-6,13H2,1-4H3;2H2,1H3/t2*7-,8-,9?,10-;/m11./s1. The van der Waals surface area contributed by atoms with Crippen molar-refractivity contribution in [3.8, 4) is 0 Å². The lowest BCUT2D eigenvalue weighted by molar-refractivity contribution is -0.302. The molecule has 2 amide bonds. The molecule has 0 aromatic rings. The molecule has 0 bridgehead atoms. The first-order chi connectivity index (χ1) is 19.8. The van der Waals surface area contributed by atoms with Crippen LogP contribution in [0.1, 0.15) is 55.4 Å². The smallest absolute Gasteiger partial charge is 0.309 e. The first kappa shape index (κ1) is 37.6. The third kappa shape index (κ3) is 10.2. The molecule has 0 aromatic carbocycles. The summed E-state index contributed by atoms with van der Waals surface area (Å²) >= 11 is 0. The first-order valence-corrected chi connectivity index (χ1v) is 14.3. The van der Waals surface area contributed by atoms with Crippen LogP contribution in [0.4, 0.5) is 0 Å². The number of hydrogen-bond donors (Lipinski definition) is 6. The Morgan fingerprint density at radius 2 is 1.07 bits per heavy atom. The second-order valence-electron chi connectivity index (χ2n) is 12.3. The lowest BCUT2D eigenvalue weighted by Gasteiger charge is -2.43. The number of nitrogens with one attached hydrogen (secondary N) is 1. The molecule has 43 heavy (non-hydrogen) atoms. The lowest BCUT2D eigenvalue weighted by Crippen LogP contribution is -2.62. The molecule has 0 aromatic heterocycles. The monoisotopic (exact) mass is 624 g/mol. The van der Waals surface area contributed by atoms with Gasteiger partial charge in [0.25, 0.3) is 0 Å². The van der Waals surface area contributed by atoms with Crippen LogP contribution < -0.4 is 22.5 Å². The summed E-state index contributed by atoms with van der Waals surface area (Å²) in [6.07, 6.45) is -3.12. The Hall–Kier alpha value is -1.54. The van der Waals surface area contributed by atoms with Crippen LogP contribution >= 0.6 is 0 Å². The van der Waals surface area contributed by atoms with E-state index in [1.807, 2.05) is 27.7 Å². The Kier molecular flexibility index (Phi) is 12.9. The number of ether oxygens (including phenoxy) is 8. The van der Waals surface area contributed by atoms with Crippen molar-refractivity contribution in [2.45, 2.75) is 127 Å². The van der Waals surface area contributed by atoms with Crippen molar-refractivity contribution >= 4 is 11.8 Å². The zero-order valence-corrected chi connectivity index (χ0v) is 26.7. The van der Waals surface area contributed by atoms with Crippen molar-refractivity contribution in [2.24, 2.45) is 17.2 Å². The fraction of sp³-hybridized carbons (Fsp3) is 0.926. The van der Waals surface area contributed by atoms with Gasteiger partial charge in [0.15, 0.2) is 23.1 Å². The van der Waals surface area contributed by atoms with E-state index in [4.69, 9.17) is 49.4 Å². The van der Waals surface area contributed by atoms with Gasteiger partial charge in [-0.1, -0.05) is 0 Å². The molecule has 0 saturated carbocycles. The first-order valence-electron chi connectivity index (χ1n) is 14.3. The van der Waals surface area contributed by atoms with E-state index in [0.29, 0.717) is 6.61 Å². The Bertz CT molecular complexity index is 932. The number of nitrogens with two attached hydrogens (primary N) is 3. The number of primary amides is 1. The second kappa shape index (κ2) is 14.7. The Morgan fingerprint density at radius 3 is 1.51 bits per heavy atom. The molecule has 8 atom stereocenters. The van der Waals surface area contributed by atoms with Gasteiger partial charge in [0.2, 0.25) is 0 Å². The van der Waals surface area contributed by atoms with Crippen LogP contribution in [0, 0.1) is 0 Å². The number of aliphatic hydroxyl groups is 2. The van der Waals surface area contributed by atoms with Crippen LogP contribution in [0.2, 0.25) is 0 Å². The fourth-order valence-corrected chi connectivity index (χ4v) is 5.21. The molecule has 4 aliphatic rings. The van der Waals surface area contributed by atoms with E-state index in [0.717, 1.165) is 0 Å². The minimum atomic E-state index is -1.10. The van der Waals surface area contributed by atoms with Crippen LogP contribution in [0.3, 0.4) is 0 Å². The highest BCUT2D eigenvalue weighted by molar-refractivity contribution is 6.34. The lowest BCUT2D eigenvalue weighted by atomic mass is 9.99. The molecule has 4 saturated heterocycles. The number of aliphatic hydroxyl groups excluding tert-OH is 2. The molecule has 252 valence electrons. The van der Waals surface area contributed by atoms with E-state index in [1.165, 1.54) is 7.05 Å². The van der Waals surface area contributed by atoms with Crippen LogP contribution in [0.15, 0.2) is 0 Å². The Balaban J connectivity index is 0.000000291. The van der Waals surface area contributed by atoms with E-state index in [-0.39, 0.29) is 38.1 Å². The van der Waals surface area contributed by atoms with Crippen LogP contribution in [0.5, 0.6) is 0 Å². The fourth-order valence-electron chi connectivity index (χ4n) is 5.21. The van der Waals surface area contributed by atoms with Gasteiger partial charge in [0, 0.05) is 0 Å². The predicted octanol–water partition coefficient (Wildman–Crippen LogP) is -1.83. The van der Waals surface area contributed by atoms with E-state index >= 15 is 0 Å². The van der Waals surface area contributed by atoms with Gasteiger partial charge in [-0.3, -0.25) is 9.59 Å². The molecule has 2 unspecified atom stereocenters. The van der Waals surface area contributed by atoms with E-state index < -0.39 is 65.4 Å². The predicted molar refractivity (Wildman–Crippen MR) is 151 cm³/mol. The summed E-state index contributed by atoms with van der Waals surface area (Å²) in [4.78, 5) is 22.6. The van der Waals surface area contributed by atoms with Gasteiger partial charge in [-0.05, 0) is 62.4 Å². The van der Waals surface area contributed by atoms with Crippen molar-refractivity contribution in [1.29, 1.82) is 0 Å². The van der Waals surface area contributed by atoms with Crippen molar-refractivity contribution < 1.29 is 57.7 Å². The maximum absolute atomic E-state index is 11.6. The average Bonchev–Trinajstić information content (AvgIpc) is 3.41. The van der Waals surface area contributed by atoms with Crippen LogP contribution in [-0.4, -0.2) is 127 Å². The van der Waals surface area contributed by atoms with Crippen LogP contribution in [-0.2, 0) is 47.5 Å². The zero-order chi connectivity index (χ0) is 33.0. The molecule has 4 aliphatic heterocycles. The summed E-state index contributed by atoms with van der Waals surface area (Å²) in [5, 5.41) is 21.4. The van der Waals surface area contributed by atoms with Gasteiger partial charge in [0.1, 0.15) is 36.6 Å². The summed E-state index contributed by atoms with van der Waals surface area (Å²) in [7, 11) is 1.50. The minimum absolute atomic E-state index is 0.106. The summed E-state index contributed by atoms with van der Waals surface area (Å²) < 4.78 is 45.6. The van der Waals surface area contributed by atoms with E-state index in [1.54, 1.807) is 27.7 Å². The van der Waals surface area contributed by atoms with Gasteiger partial charge in [0.05, 0.1) is 38.5 Å². The van der Waals surface area contributed by atoms with Crippen molar-refractivity contribution in [3.05, 3.63) is 0 Å². The maximum Gasteiger partial charge on any atom is 0.309 e. The van der Waals surface area contributed by atoms with E-state index in [9.17, 15) is 19.8 Å². The summed E-state index contributed by atoms with van der Waals surface area (Å²) in [5.41, 5.74) is 15.5. The average molecular weight is 625 g/mol. The van der Waals surface area contributed by atoms with Gasteiger partial charge >= 0.3 is 11.8 Å². The summed E-state index contributed by atoms with van der Waals surface area (Å²) in [5.74, 6) is -5.28. The normalized spacial score (nSPS) is 37.2. The maximum atomic E-state index is 11.6. The number of carbonyl (C=O) groups is 2. The number of amides is 2. The molecular formula is C27H52N4O12. The summed E-state index contributed by atoms with van der Waals surface area (Å²) in [6.45, 7) is 14.3. The largest absolute Gasteiger partial charge is 0.394 e. The third-order valence-electron chi connectivity index (χ3n) is 6.88. The molecule has 0 radical (unpaired) electrons. The van der Waals surface area contributed by atoms with Crippen LogP contribution in [0.25, 0.3) is 0 Å². The van der Waals surface area contributed by atoms with Crippen molar-refractivity contribution in [3.63, 3.8) is 0 Å². The Labute approximate surface area is 253 Å². The van der Waals surface area contributed by atoms with Gasteiger partial charge < -0.3 is 70.6 Å². The quantitative estimate of drug-likeness (QED) is 0.185. The highest BCUT2D eigenvalue weighted by atomic mass is 16.8. The minimum Gasteiger partial charge on any atom is -0.394 e. The zero-order valence-electron chi connectivity index (χ0n) is 26.7. The molecular weight excluding hydrogens is 572 g/mol. The van der Waals surface area contributed by atoms with Crippen molar-refractivity contribution in [2.75, 3.05) is 33.5 Å². The molecule has 4 fully saturated rings. The molecule has 0 spiro atoms. The topological polar surface area (TPSA) is 239 Å². The Morgan fingerprint density at radius 1 is 0.674 bits per heavy atom. The molecule has 9 N–H and O–H groups in total. The highest BCUT2D eigenvalue weighted by Gasteiger charge is 2.52.